The minimum absolute atomic E-state index is 0.101. The van der Waals surface area contributed by atoms with Gasteiger partial charge in [-0.2, -0.15) is 0 Å². The number of para-hydroxylation sites is 1. The maximum atomic E-state index is 10.9. The van der Waals surface area contributed by atoms with Gasteiger partial charge in [-0.05, 0) is 18.2 Å². The summed E-state index contributed by atoms with van der Waals surface area (Å²) in [5.74, 6) is 0. The van der Waals surface area contributed by atoms with Gasteiger partial charge in [-0.1, -0.05) is 6.07 Å². The summed E-state index contributed by atoms with van der Waals surface area (Å²) in [4.78, 5) is 10.4. The highest BCUT2D eigenvalue weighted by Gasteiger charge is 2.17. The number of nitro benzene ring substituents is 1. The number of hydrogen-bond acceptors (Lipinski definition) is 5. The topological polar surface area (TPSA) is 94.3 Å². The standard InChI is InChI=1S/C11H11N3O3/c12-9-2-1-3-10(11(9)14(15)16)13-6-8-4-5-17-7-8/h1-5,7,13H,6,12H2. The molecule has 0 bridgehead atoms. The molecule has 0 saturated carbocycles. The van der Waals surface area contributed by atoms with E-state index in [4.69, 9.17) is 10.2 Å². The number of nitrogen functional groups attached to an aromatic ring is 1. The van der Waals surface area contributed by atoms with Gasteiger partial charge in [0.1, 0.15) is 11.4 Å². The Morgan fingerprint density at radius 3 is 2.88 bits per heavy atom. The van der Waals surface area contributed by atoms with E-state index in [0.29, 0.717) is 12.2 Å². The SMILES string of the molecule is Nc1cccc(NCc2ccoc2)c1[N+](=O)[O-]. The highest BCUT2D eigenvalue weighted by Crippen LogP contribution is 2.30. The molecule has 2 rings (SSSR count). The Balaban J connectivity index is 2.21. The molecular weight excluding hydrogens is 222 g/mol. The lowest BCUT2D eigenvalue weighted by Crippen LogP contribution is -2.04. The molecule has 0 aliphatic heterocycles. The molecule has 0 atom stereocenters. The number of nitrogens with one attached hydrogen (secondary N) is 1. The quantitative estimate of drug-likeness (QED) is 0.480. The molecule has 1 aromatic carbocycles. The van der Waals surface area contributed by atoms with Crippen molar-refractivity contribution >= 4 is 17.1 Å². The maximum Gasteiger partial charge on any atom is 0.314 e. The first kappa shape index (κ1) is 11.0. The van der Waals surface area contributed by atoms with E-state index >= 15 is 0 Å². The lowest BCUT2D eigenvalue weighted by molar-refractivity contribution is -0.383. The summed E-state index contributed by atoms with van der Waals surface area (Å²) < 4.78 is 4.91. The second-order valence-electron chi connectivity index (χ2n) is 3.49. The average molecular weight is 233 g/mol. The summed E-state index contributed by atoms with van der Waals surface area (Å²) >= 11 is 0. The van der Waals surface area contributed by atoms with Crippen LogP contribution in [0.3, 0.4) is 0 Å². The summed E-state index contributed by atoms with van der Waals surface area (Å²) in [5.41, 5.74) is 6.92. The molecule has 0 radical (unpaired) electrons. The van der Waals surface area contributed by atoms with Crippen LogP contribution in [-0.2, 0) is 6.54 Å². The number of anilines is 2. The van der Waals surface area contributed by atoms with Gasteiger partial charge in [-0.15, -0.1) is 0 Å². The Kier molecular flexibility index (Phi) is 2.95. The second-order valence-corrected chi connectivity index (χ2v) is 3.49. The van der Waals surface area contributed by atoms with Gasteiger partial charge in [0, 0.05) is 12.1 Å². The van der Waals surface area contributed by atoms with Crippen molar-refractivity contribution in [2.24, 2.45) is 0 Å². The molecule has 0 spiro atoms. The highest BCUT2D eigenvalue weighted by molar-refractivity contribution is 5.74. The largest absolute Gasteiger partial charge is 0.472 e. The first-order chi connectivity index (χ1) is 8.18. The third-order valence-electron chi connectivity index (χ3n) is 2.31. The molecule has 0 saturated heterocycles. The van der Waals surface area contributed by atoms with Crippen molar-refractivity contribution in [3.05, 3.63) is 52.5 Å². The van der Waals surface area contributed by atoms with Crippen molar-refractivity contribution in [3.63, 3.8) is 0 Å². The third-order valence-corrected chi connectivity index (χ3v) is 2.31. The zero-order valence-corrected chi connectivity index (χ0v) is 8.92. The van der Waals surface area contributed by atoms with Gasteiger partial charge in [-0.25, -0.2) is 0 Å². The van der Waals surface area contributed by atoms with Gasteiger partial charge >= 0.3 is 5.69 Å². The van der Waals surface area contributed by atoms with Crippen molar-refractivity contribution in [3.8, 4) is 0 Å². The van der Waals surface area contributed by atoms with E-state index in [1.807, 2.05) is 0 Å². The molecule has 88 valence electrons. The highest BCUT2D eigenvalue weighted by atomic mass is 16.6. The van der Waals surface area contributed by atoms with Gasteiger partial charge in [0.05, 0.1) is 17.4 Å². The van der Waals surface area contributed by atoms with Crippen molar-refractivity contribution in [1.29, 1.82) is 0 Å². The molecule has 0 aliphatic carbocycles. The zero-order valence-electron chi connectivity index (χ0n) is 8.92. The number of benzene rings is 1. The number of rotatable bonds is 4. The van der Waals surface area contributed by atoms with Gasteiger partial charge in [0.15, 0.2) is 0 Å². The molecule has 0 fully saturated rings. The maximum absolute atomic E-state index is 10.9. The molecular formula is C11H11N3O3. The molecule has 6 nitrogen and oxygen atoms in total. The van der Waals surface area contributed by atoms with E-state index in [2.05, 4.69) is 5.32 Å². The summed E-state index contributed by atoms with van der Waals surface area (Å²) in [7, 11) is 0. The minimum Gasteiger partial charge on any atom is -0.472 e. The Hall–Kier alpha value is -2.50. The van der Waals surface area contributed by atoms with Crippen LogP contribution in [0.4, 0.5) is 17.1 Å². The molecule has 3 N–H and O–H groups in total. The van der Waals surface area contributed by atoms with E-state index in [9.17, 15) is 10.1 Å². The van der Waals surface area contributed by atoms with Crippen molar-refractivity contribution in [1.82, 2.24) is 0 Å². The molecule has 0 aliphatic rings. The van der Waals surface area contributed by atoms with Crippen LogP contribution in [0.15, 0.2) is 41.2 Å². The normalized spacial score (nSPS) is 10.1. The molecule has 1 heterocycles. The summed E-state index contributed by atoms with van der Waals surface area (Å²) in [6, 6.07) is 6.57. The first-order valence-corrected chi connectivity index (χ1v) is 4.96. The number of hydrogen-bond donors (Lipinski definition) is 2. The summed E-state index contributed by atoms with van der Waals surface area (Å²) in [6.45, 7) is 0.445. The fourth-order valence-electron chi connectivity index (χ4n) is 1.50. The number of nitro groups is 1. The van der Waals surface area contributed by atoms with Gasteiger partial charge < -0.3 is 15.5 Å². The fourth-order valence-corrected chi connectivity index (χ4v) is 1.50. The number of nitrogens with zero attached hydrogens (tertiary/aromatic N) is 1. The van der Waals surface area contributed by atoms with Crippen LogP contribution < -0.4 is 11.1 Å². The van der Waals surface area contributed by atoms with Gasteiger partial charge in [0.2, 0.25) is 0 Å². The predicted octanol–water partition coefficient (Wildman–Crippen LogP) is 2.38. The Morgan fingerprint density at radius 1 is 1.41 bits per heavy atom. The second kappa shape index (κ2) is 4.56. The fraction of sp³-hybridized carbons (Fsp3) is 0.0909. The predicted molar refractivity (Wildman–Crippen MR) is 63.5 cm³/mol. The first-order valence-electron chi connectivity index (χ1n) is 4.96. The third kappa shape index (κ3) is 2.36. The molecule has 1 aromatic heterocycles. The monoisotopic (exact) mass is 233 g/mol. The van der Waals surface area contributed by atoms with E-state index < -0.39 is 4.92 Å². The van der Waals surface area contributed by atoms with Crippen molar-refractivity contribution in [2.45, 2.75) is 6.54 Å². The van der Waals surface area contributed by atoms with Crippen LogP contribution in [0, 0.1) is 10.1 Å². The Bertz CT molecular complexity index is 523. The molecule has 2 aromatic rings. The number of furan rings is 1. The molecule has 6 heteroatoms. The van der Waals surface area contributed by atoms with E-state index in [1.165, 1.54) is 6.07 Å². The van der Waals surface area contributed by atoms with Crippen LogP contribution in [0.25, 0.3) is 0 Å². The minimum atomic E-state index is -0.493. The lowest BCUT2D eigenvalue weighted by Gasteiger charge is -2.06. The Labute approximate surface area is 97.2 Å². The van der Waals surface area contributed by atoms with Gasteiger partial charge in [0.25, 0.3) is 0 Å². The molecule has 0 amide bonds. The summed E-state index contributed by atoms with van der Waals surface area (Å²) in [6.07, 6.45) is 3.12. The van der Waals surface area contributed by atoms with E-state index in [-0.39, 0.29) is 11.4 Å². The van der Waals surface area contributed by atoms with Crippen LogP contribution in [0.5, 0.6) is 0 Å². The van der Waals surface area contributed by atoms with Gasteiger partial charge in [-0.3, -0.25) is 10.1 Å². The summed E-state index contributed by atoms with van der Waals surface area (Å²) in [5, 5.41) is 13.8. The zero-order chi connectivity index (χ0) is 12.3. The lowest BCUT2D eigenvalue weighted by atomic mass is 10.2. The van der Waals surface area contributed by atoms with E-state index in [1.54, 1.807) is 30.7 Å². The number of nitrogens with two attached hydrogens (primary N) is 1. The van der Waals surface area contributed by atoms with Crippen LogP contribution in [-0.4, -0.2) is 4.92 Å². The Morgan fingerprint density at radius 2 is 2.24 bits per heavy atom. The van der Waals surface area contributed by atoms with Crippen molar-refractivity contribution < 1.29 is 9.34 Å². The van der Waals surface area contributed by atoms with E-state index in [0.717, 1.165) is 5.56 Å². The molecule has 17 heavy (non-hydrogen) atoms. The van der Waals surface area contributed by atoms with Crippen molar-refractivity contribution in [2.75, 3.05) is 11.1 Å². The molecule has 0 unspecified atom stereocenters. The smallest absolute Gasteiger partial charge is 0.314 e. The van der Waals surface area contributed by atoms with Crippen LogP contribution in [0.2, 0.25) is 0 Å². The van der Waals surface area contributed by atoms with Crippen LogP contribution >= 0.6 is 0 Å². The average Bonchev–Trinajstić information content (AvgIpc) is 2.78. The van der Waals surface area contributed by atoms with Crippen LogP contribution in [0.1, 0.15) is 5.56 Å².